The molecule has 4 aromatic rings. The van der Waals surface area contributed by atoms with Gasteiger partial charge in [-0.15, -0.1) is 0 Å². The molecule has 2 aromatic heterocycles. The zero-order chi connectivity index (χ0) is 49.0. The fourth-order valence-electron chi connectivity index (χ4n) is 8.75. The summed E-state index contributed by atoms with van der Waals surface area (Å²) >= 11 is 0. The number of nitrogens with one attached hydrogen (secondary N) is 1. The predicted octanol–water partition coefficient (Wildman–Crippen LogP) is 11.1. The minimum Gasteiger partial charge on any atom is -0.462 e. The molecule has 3 N–H and O–H groups in total. The molecule has 2 aliphatic rings. The van der Waals surface area contributed by atoms with E-state index in [1.807, 2.05) is 30.3 Å². The molecule has 17 heteroatoms. The van der Waals surface area contributed by atoms with Crippen molar-refractivity contribution in [3.05, 3.63) is 102 Å². The minimum absolute atomic E-state index is 0.113. The van der Waals surface area contributed by atoms with E-state index in [9.17, 15) is 9.36 Å². The Kier molecular flexibility index (Phi) is 21.3. The molecule has 2 fully saturated rings. The maximum Gasteiger partial charge on any atom is 0.459 e. The Morgan fingerprint density at radius 1 is 0.855 bits per heavy atom. The summed E-state index contributed by atoms with van der Waals surface area (Å²) in [4.78, 5) is 21.6. The van der Waals surface area contributed by atoms with Gasteiger partial charge in [-0.05, 0) is 57.0 Å². The number of para-hydroxylation sites is 1. The van der Waals surface area contributed by atoms with E-state index in [-0.39, 0.29) is 24.8 Å². The molecule has 0 spiro atoms. The first-order chi connectivity index (χ1) is 33.4. The van der Waals surface area contributed by atoms with Crippen molar-refractivity contribution >= 4 is 25.1 Å². The topological polar surface area (TPSA) is 181 Å². The highest BCUT2D eigenvalue weighted by molar-refractivity contribution is 7.52. The lowest BCUT2D eigenvalue weighted by atomic mass is 10.0. The van der Waals surface area contributed by atoms with Gasteiger partial charge >= 0.3 is 19.4 Å². The van der Waals surface area contributed by atoms with Gasteiger partial charge in [-0.2, -0.15) is 10.2 Å². The predicted molar refractivity (Wildman–Crippen MR) is 264 cm³/mol. The van der Waals surface area contributed by atoms with Crippen LogP contribution in [0.3, 0.4) is 0 Å². The number of esters is 1. The molecule has 378 valence electrons. The number of nitrogens with zero attached hydrogens (tertiary/aromatic N) is 4. The number of ether oxygens (including phenoxy) is 6. The molecule has 0 saturated carbocycles. The molecule has 16 nitrogen and oxygen atoms in total. The maximum atomic E-state index is 14.8. The van der Waals surface area contributed by atoms with Crippen molar-refractivity contribution in [2.45, 2.75) is 179 Å². The fourth-order valence-corrected chi connectivity index (χ4v) is 10.3. The molecular weight excluding hydrogens is 900 g/mol. The Labute approximate surface area is 409 Å². The van der Waals surface area contributed by atoms with Crippen LogP contribution in [0, 0.1) is 6.57 Å². The van der Waals surface area contributed by atoms with Gasteiger partial charge in [0.25, 0.3) is 0 Å². The maximum absolute atomic E-state index is 14.8. The molecule has 2 aromatic carbocycles. The number of aromatic nitrogens is 3. The second-order valence-corrected chi connectivity index (χ2v) is 20.4. The van der Waals surface area contributed by atoms with Gasteiger partial charge in [-0.25, -0.2) is 20.6 Å². The number of fused-ring (bicyclic) bond motifs is 2. The Balaban J connectivity index is 1.000. The highest BCUT2D eigenvalue weighted by atomic mass is 31.2. The van der Waals surface area contributed by atoms with Gasteiger partial charge in [-0.1, -0.05) is 152 Å². The first-order valence-electron chi connectivity index (χ1n) is 25.1. The van der Waals surface area contributed by atoms with E-state index < -0.39 is 62.3 Å². The van der Waals surface area contributed by atoms with Crippen LogP contribution in [0.15, 0.2) is 79.1 Å². The van der Waals surface area contributed by atoms with Gasteiger partial charge in [0.05, 0.1) is 18.9 Å². The normalized spacial score (nSPS) is 21.3. The number of nitrogen functional groups attached to an aromatic ring is 1. The molecule has 2 unspecified atom stereocenters. The average molecular weight is 975 g/mol. The third-order valence-corrected chi connectivity index (χ3v) is 14.1. The van der Waals surface area contributed by atoms with E-state index in [1.54, 1.807) is 60.8 Å². The van der Waals surface area contributed by atoms with Crippen LogP contribution in [0.1, 0.15) is 148 Å². The average Bonchev–Trinajstić information content (AvgIpc) is 4.01. The summed E-state index contributed by atoms with van der Waals surface area (Å²) in [6.45, 7) is 16.0. The third-order valence-electron chi connectivity index (χ3n) is 12.5. The smallest absolute Gasteiger partial charge is 0.459 e. The number of hydrogen-bond acceptors (Lipinski definition) is 13. The Bertz CT molecular complexity index is 2230. The summed E-state index contributed by atoms with van der Waals surface area (Å²) in [5, 5.41) is 7.10. The van der Waals surface area contributed by atoms with E-state index in [0.29, 0.717) is 24.4 Å². The van der Waals surface area contributed by atoms with Crippen molar-refractivity contribution in [3.8, 4) is 5.75 Å². The molecule has 6 rings (SSSR count). The number of anilines is 1. The van der Waals surface area contributed by atoms with Gasteiger partial charge in [0.2, 0.25) is 0 Å². The van der Waals surface area contributed by atoms with Crippen LogP contribution in [-0.2, 0) is 48.9 Å². The van der Waals surface area contributed by atoms with Crippen LogP contribution >= 0.6 is 7.75 Å². The van der Waals surface area contributed by atoms with Gasteiger partial charge in [0.15, 0.2) is 24.3 Å². The molecule has 69 heavy (non-hydrogen) atoms. The molecule has 0 aliphatic carbocycles. The van der Waals surface area contributed by atoms with E-state index in [0.717, 1.165) is 18.4 Å². The van der Waals surface area contributed by atoms with Crippen LogP contribution in [0.2, 0.25) is 0 Å². The molecule has 7 atom stereocenters. The van der Waals surface area contributed by atoms with Gasteiger partial charge < -0.3 is 33.9 Å². The summed E-state index contributed by atoms with van der Waals surface area (Å²) in [6.07, 6.45) is 18.9. The van der Waals surface area contributed by atoms with Gasteiger partial charge in [0, 0.05) is 6.61 Å². The number of hydrogen-bond donors (Lipinski definition) is 2. The van der Waals surface area contributed by atoms with Crippen molar-refractivity contribution < 1.29 is 46.8 Å². The lowest BCUT2D eigenvalue weighted by Gasteiger charge is -2.28. The van der Waals surface area contributed by atoms with Gasteiger partial charge in [0.1, 0.15) is 48.6 Å². The summed E-state index contributed by atoms with van der Waals surface area (Å²) < 4.78 is 65.5. The summed E-state index contributed by atoms with van der Waals surface area (Å²) in [7, 11) is -4.47. The van der Waals surface area contributed by atoms with E-state index in [2.05, 4.69) is 26.9 Å². The van der Waals surface area contributed by atoms with Crippen LogP contribution in [0.5, 0.6) is 5.75 Å². The monoisotopic (exact) mass is 975 g/mol. The summed E-state index contributed by atoms with van der Waals surface area (Å²) in [5.41, 5.74) is 6.30. The highest BCUT2D eigenvalue weighted by Crippen LogP contribution is 2.53. The van der Waals surface area contributed by atoms with Crippen LogP contribution in [-0.4, -0.2) is 82.9 Å². The summed E-state index contributed by atoms with van der Waals surface area (Å²) in [6, 6.07) is 20.4. The number of carbonyl (C=O) groups is 1. The molecular formula is C52H75N6O10P. The van der Waals surface area contributed by atoms with E-state index >= 15 is 0 Å². The van der Waals surface area contributed by atoms with Crippen molar-refractivity contribution in [1.29, 1.82) is 0 Å². The highest BCUT2D eigenvalue weighted by Gasteiger charge is 2.69. The quantitative estimate of drug-likeness (QED) is 0.0199. The number of rotatable bonds is 33. The molecule has 0 bridgehead atoms. The lowest BCUT2D eigenvalue weighted by Crippen LogP contribution is -2.45. The number of unbranched alkanes of at least 4 members (excludes halogenated alkanes) is 15. The van der Waals surface area contributed by atoms with Gasteiger partial charge in [-0.3, -0.25) is 18.9 Å². The largest absolute Gasteiger partial charge is 0.462 e. The van der Waals surface area contributed by atoms with Crippen LogP contribution in [0.25, 0.3) is 10.4 Å². The van der Waals surface area contributed by atoms with E-state index in [4.69, 9.17) is 49.8 Å². The SMILES string of the molecule is [C-]#[N+][C@]1(COP(=O)(NC(C)C(=O)OC[C@@H](COCCCCCCCCCCCCCCCCCC)OCc2ccccc2)Oc2ccccc2)O[C@@H](c2ccc3c(N)ncnn23)[C@@H]2OC(C)(C)O[C@@H]21. The fraction of sp³-hybridized carbons (Fsp3) is 0.615. The molecule has 0 amide bonds. The second-order valence-electron chi connectivity index (χ2n) is 18.7. The first kappa shape index (κ1) is 53.9. The van der Waals surface area contributed by atoms with Crippen molar-refractivity contribution in [2.24, 2.45) is 0 Å². The number of nitrogens with two attached hydrogens (primary N) is 1. The molecule has 2 saturated heterocycles. The third kappa shape index (κ3) is 16.3. The van der Waals surface area contributed by atoms with E-state index in [1.165, 1.54) is 103 Å². The Morgan fingerprint density at radius 2 is 1.48 bits per heavy atom. The standard InChI is InChI=1S/C52H75N6O10P/c1-6-7-8-9-10-11-12-13-14-15-16-17-18-19-20-27-34-61-36-43(62-35-41-28-23-21-24-29-41)37-63-50(59)40(2)57-69(60,68-42-30-25-22-26-31-42)64-38-52(54-5)48-47(65-51(3,4)67-48)46(66-52)44-32-33-45-49(53)55-39-56-58(44)45/h21-26,28-33,39-40,43,46-48H,6-20,27,34-38H2,1-4H3,(H,57,60)(H2,53,55,56)/t40?,43-,46+,47+,48+,52-,69?/m1/s1. The van der Waals surface area contributed by atoms with Crippen molar-refractivity contribution in [2.75, 3.05) is 32.2 Å². The van der Waals surface area contributed by atoms with Crippen molar-refractivity contribution in [1.82, 2.24) is 19.7 Å². The molecule has 4 heterocycles. The zero-order valence-electron chi connectivity index (χ0n) is 41.1. The van der Waals surface area contributed by atoms with Crippen molar-refractivity contribution in [3.63, 3.8) is 0 Å². The first-order valence-corrected chi connectivity index (χ1v) is 26.7. The molecule has 2 aliphatic heterocycles. The Hall–Kier alpha value is -4.43. The Morgan fingerprint density at radius 3 is 2.12 bits per heavy atom. The van der Waals surface area contributed by atoms with Crippen LogP contribution in [0.4, 0.5) is 5.82 Å². The second kappa shape index (κ2) is 27.2. The summed E-state index contributed by atoms with van der Waals surface area (Å²) in [5.74, 6) is -1.37. The minimum atomic E-state index is -4.47. The lowest BCUT2D eigenvalue weighted by molar-refractivity contribution is -0.206. The molecule has 0 radical (unpaired) electrons. The van der Waals surface area contributed by atoms with Crippen LogP contribution < -0.4 is 15.3 Å². The number of benzene rings is 2. The zero-order valence-corrected chi connectivity index (χ0v) is 42.0. The number of carbonyl (C=O) groups excluding carboxylic acids is 1.